The summed E-state index contributed by atoms with van der Waals surface area (Å²) in [5.74, 6) is -1.72. The first-order valence-corrected chi connectivity index (χ1v) is 7.69. The molecule has 0 aromatic heterocycles. The van der Waals surface area contributed by atoms with Crippen LogP contribution < -0.4 is 0 Å². The lowest BCUT2D eigenvalue weighted by Gasteiger charge is -2.41. The number of alkyl halides is 3. The maximum Gasteiger partial charge on any atom is 0.391 e. The van der Waals surface area contributed by atoms with Gasteiger partial charge in [-0.15, -0.1) is 0 Å². The first-order chi connectivity index (χ1) is 8.86. The number of halogens is 4. The molecular weight excluding hydrogens is 370 g/mol. The Labute approximate surface area is 123 Å². The summed E-state index contributed by atoms with van der Waals surface area (Å²) in [6.07, 6.45) is 0.748. The van der Waals surface area contributed by atoms with Crippen LogP contribution in [0.3, 0.4) is 0 Å². The normalized spacial score (nSPS) is 37.9. The Kier molecular flexibility index (Phi) is 3.34. The van der Waals surface area contributed by atoms with Gasteiger partial charge in [-0.1, -0.05) is 6.08 Å². The molecule has 0 aromatic carbocycles. The Balaban J connectivity index is 1.64. The molecule has 2 nitrogen and oxygen atoms in total. The van der Waals surface area contributed by atoms with Gasteiger partial charge in [-0.05, 0) is 58.3 Å². The smallest absolute Gasteiger partial charge is 0.333 e. The quantitative estimate of drug-likeness (QED) is 0.631. The molecule has 1 aliphatic carbocycles. The molecule has 3 aliphatic rings. The van der Waals surface area contributed by atoms with Gasteiger partial charge in [0.2, 0.25) is 5.91 Å². The topological polar surface area (TPSA) is 20.3 Å². The largest absolute Gasteiger partial charge is 0.391 e. The molecule has 19 heavy (non-hydrogen) atoms. The molecule has 2 fully saturated rings. The van der Waals surface area contributed by atoms with Crippen molar-refractivity contribution in [2.45, 2.75) is 50.4 Å². The molecule has 0 aromatic rings. The van der Waals surface area contributed by atoms with Gasteiger partial charge < -0.3 is 4.90 Å². The second-order valence-electron chi connectivity index (χ2n) is 5.77. The Morgan fingerprint density at radius 1 is 1.32 bits per heavy atom. The van der Waals surface area contributed by atoms with Crippen LogP contribution in [-0.2, 0) is 4.79 Å². The third-order valence-electron chi connectivity index (χ3n) is 4.55. The van der Waals surface area contributed by atoms with Crippen LogP contribution in [0.25, 0.3) is 0 Å². The van der Waals surface area contributed by atoms with Gasteiger partial charge in [0.15, 0.2) is 0 Å². The van der Waals surface area contributed by atoms with E-state index >= 15 is 0 Å². The van der Waals surface area contributed by atoms with Crippen LogP contribution in [0.1, 0.15) is 32.1 Å². The predicted molar refractivity (Wildman–Crippen MR) is 72.6 cm³/mol. The van der Waals surface area contributed by atoms with Crippen LogP contribution >= 0.6 is 22.6 Å². The molecule has 106 valence electrons. The molecule has 1 saturated heterocycles. The molecule has 3 rings (SSSR count). The van der Waals surface area contributed by atoms with E-state index in [0.717, 1.165) is 19.3 Å². The van der Waals surface area contributed by atoms with Crippen molar-refractivity contribution >= 4 is 28.5 Å². The molecule has 2 bridgehead atoms. The summed E-state index contributed by atoms with van der Waals surface area (Å²) in [5.41, 5.74) is 0. The summed E-state index contributed by atoms with van der Waals surface area (Å²) in [6.45, 7) is 0. The predicted octanol–water partition coefficient (Wildman–Crippen LogP) is 3.66. The van der Waals surface area contributed by atoms with Crippen LogP contribution in [0.5, 0.6) is 0 Å². The van der Waals surface area contributed by atoms with Crippen LogP contribution in [0.2, 0.25) is 0 Å². The lowest BCUT2D eigenvalue weighted by Crippen LogP contribution is -2.50. The van der Waals surface area contributed by atoms with E-state index < -0.39 is 18.0 Å². The zero-order valence-electron chi connectivity index (χ0n) is 10.3. The first-order valence-electron chi connectivity index (χ1n) is 6.61. The number of hydrogen-bond donors (Lipinski definition) is 0. The number of rotatable bonds is 1. The molecule has 0 spiro atoms. The number of carbonyl (C=O) groups excluding carboxylic acids is 1. The Morgan fingerprint density at radius 3 is 2.58 bits per heavy atom. The molecule has 2 heterocycles. The third-order valence-corrected chi connectivity index (χ3v) is 5.35. The molecule has 1 amide bonds. The van der Waals surface area contributed by atoms with Gasteiger partial charge in [-0.25, -0.2) is 0 Å². The van der Waals surface area contributed by atoms with Crippen molar-refractivity contribution in [3.05, 3.63) is 9.66 Å². The maximum atomic E-state index is 12.5. The van der Waals surface area contributed by atoms with Crippen molar-refractivity contribution in [2.24, 2.45) is 11.8 Å². The summed E-state index contributed by atoms with van der Waals surface area (Å²) in [4.78, 5) is 14.2. The number of carbonyl (C=O) groups is 1. The number of amides is 1. The minimum atomic E-state index is -4.13. The van der Waals surface area contributed by atoms with Crippen LogP contribution in [0, 0.1) is 11.8 Å². The number of fused-ring (bicyclic) bond motifs is 2. The van der Waals surface area contributed by atoms with Gasteiger partial charge in [-0.3, -0.25) is 4.79 Å². The van der Waals surface area contributed by atoms with Gasteiger partial charge in [0.1, 0.15) is 0 Å². The molecular formula is C13H15F3INO. The van der Waals surface area contributed by atoms with Crippen molar-refractivity contribution in [3.8, 4) is 0 Å². The highest BCUT2D eigenvalue weighted by atomic mass is 127. The minimum Gasteiger partial charge on any atom is -0.333 e. The molecule has 6 heteroatoms. The fourth-order valence-corrected chi connectivity index (χ4v) is 4.34. The Hall–Kier alpha value is -0.270. The molecule has 2 aliphatic heterocycles. The van der Waals surface area contributed by atoms with Crippen molar-refractivity contribution < 1.29 is 18.0 Å². The SMILES string of the molecule is O=C(C1CC(C(F)(F)F)C1)N1C2C=C(I)CC1CC2. The van der Waals surface area contributed by atoms with Gasteiger partial charge in [0.05, 0.1) is 12.0 Å². The van der Waals surface area contributed by atoms with Crippen molar-refractivity contribution in [2.75, 3.05) is 0 Å². The van der Waals surface area contributed by atoms with E-state index in [2.05, 4.69) is 28.7 Å². The van der Waals surface area contributed by atoms with Crippen molar-refractivity contribution in [3.63, 3.8) is 0 Å². The zero-order valence-corrected chi connectivity index (χ0v) is 12.4. The summed E-state index contributed by atoms with van der Waals surface area (Å²) < 4.78 is 38.7. The average molecular weight is 385 g/mol. The van der Waals surface area contributed by atoms with E-state index in [1.807, 2.05) is 4.90 Å². The van der Waals surface area contributed by atoms with Gasteiger partial charge >= 0.3 is 6.18 Å². The Morgan fingerprint density at radius 2 is 2.00 bits per heavy atom. The lowest BCUT2D eigenvalue weighted by atomic mass is 9.73. The highest BCUT2D eigenvalue weighted by molar-refractivity contribution is 14.1. The average Bonchev–Trinajstić information content (AvgIpc) is 2.46. The second-order valence-corrected chi connectivity index (χ2v) is 7.15. The fourth-order valence-electron chi connectivity index (χ4n) is 3.42. The fraction of sp³-hybridized carbons (Fsp3) is 0.769. The molecule has 2 unspecified atom stereocenters. The summed E-state index contributed by atoms with van der Waals surface area (Å²) in [7, 11) is 0. The van der Waals surface area contributed by atoms with Crippen molar-refractivity contribution in [1.29, 1.82) is 0 Å². The monoisotopic (exact) mass is 385 g/mol. The van der Waals surface area contributed by atoms with E-state index in [-0.39, 0.29) is 30.8 Å². The van der Waals surface area contributed by atoms with Crippen LogP contribution in [0.4, 0.5) is 13.2 Å². The van der Waals surface area contributed by atoms with Crippen molar-refractivity contribution in [1.82, 2.24) is 4.90 Å². The van der Waals surface area contributed by atoms with Crippen LogP contribution in [0.15, 0.2) is 9.66 Å². The summed E-state index contributed by atoms with van der Waals surface area (Å²) >= 11 is 2.29. The molecule has 0 N–H and O–H groups in total. The lowest BCUT2D eigenvalue weighted by molar-refractivity contribution is -0.206. The van der Waals surface area contributed by atoms with E-state index in [4.69, 9.17) is 0 Å². The van der Waals surface area contributed by atoms with Gasteiger partial charge in [-0.2, -0.15) is 13.2 Å². The number of hydrogen-bond acceptors (Lipinski definition) is 1. The number of nitrogens with zero attached hydrogens (tertiary/aromatic N) is 1. The zero-order chi connectivity index (χ0) is 13.8. The van der Waals surface area contributed by atoms with Gasteiger partial charge in [0.25, 0.3) is 0 Å². The molecule has 2 atom stereocenters. The third kappa shape index (κ3) is 2.40. The first kappa shape index (κ1) is 13.7. The molecule has 1 saturated carbocycles. The highest BCUT2D eigenvalue weighted by Gasteiger charge is 2.52. The second kappa shape index (κ2) is 4.63. The summed E-state index contributed by atoms with van der Waals surface area (Å²) in [6, 6.07) is 0.349. The maximum absolute atomic E-state index is 12.5. The highest BCUT2D eigenvalue weighted by Crippen LogP contribution is 2.47. The summed E-state index contributed by atoms with van der Waals surface area (Å²) in [5, 5.41) is 0. The van der Waals surface area contributed by atoms with E-state index in [9.17, 15) is 18.0 Å². The van der Waals surface area contributed by atoms with Crippen LogP contribution in [-0.4, -0.2) is 29.1 Å². The van der Waals surface area contributed by atoms with E-state index in [1.165, 1.54) is 3.58 Å². The Bertz CT molecular complexity index is 428. The van der Waals surface area contributed by atoms with E-state index in [1.54, 1.807) is 0 Å². The van der Waals surface area contributed by atoms with Gasteiger partial charge in [0, 0.05) is 12.0 Å². The molecule has 0 radical (unpaired) electrons. The van der Waals surface area contributed by atoms with E-state index in [0.29, 0.717) is 0 Å². The standard InChI is InChI=1S/C13H15F3INO/c14-13(15,16)8-3-7(4-8)12(19)18-10-1-2-11(18)6-9(17)5-10/h5,7-8,10-11H,1-4,6H2. The minimum absolute atomic E-state index is 0.0148.